The van der Waals surface area contributed by atoms with Crippen LogP contribution in [0.4, 0.5) is 4.79 Å². The van der Waals surface area contributed by atoms with Gasteiger partial charge in [-0.25, -0.2) is 4.79 Å². The van der Waals surface area contributed by atoms with E-state index < -0.39 is 5.60 Å². The van der Waals surface area contributed by atoms with Crippen LogP contribution in [-0.4, -0.2) is 54.5 Å². The van der Waals surface area contributed by atoms with Crippen molar-refractivity contribution in [2.45, 2.75) is 84.1 Å². The van der Waals surface area contributed by atoms with E-state index >= 15 is 0 Å². The fourth-order valence-corrected chi connectivity index (χ4v) is 4.69. The summed E-state index contributed by atoms with van der Waals surface area (Å²) in [6.07, 6.45) is 4.61. The number of amides is 1. The summed E-state index contributed by atoms with van der Waals surface area (Å²) in [4.78, 5) is 14.2. The Hall–Kier alpha value is -0.810. The first kappa shape index (κ1) is 18.0. The van der Waals surface area contributed by atoms with Crippen LogP contribution in [0.5, 0.6) is 0 Å². The highest BCUT2D eigenvalue weighted by Gasteiger charge is 2.59. The third kappa shape index (κ3) is 3.57. The van der Waals surface area contributed by atoms with E-state index in [9.17, 15) is 4.79 Å². The van der Waals surface area contributed by atoms with E-state index in [4.69, 9.17) is 9.47 Å². The molecule has 5 heteroatoms. The van der Waals surface area contributed by atoms with E-state index in [1.807, 2.05) is 25.7 Å². The number of hydrogen-bond donors (Lipinski definition) is 1. The summed E-state index contributed by atoms with van der Waals surface area (Å²) < 4.78 is 11.4. The van der Waals surface area contributed by atoms with Crippen LogP contribution in [0, 0.1) is 11.3 Å². The maximum Gasteiger partial charge on any atom is 0.410 e. The molecule has 0 unspecified atom stereocenters. The highest BCUT2D eigenvalue weighted by atomic mass is 16.6. The molecule has 0 aromatic heterocycles. The lowest BCUT2D eigenvalue weighted by molar-refractivity contribution is -0.115. The fraction of sp³-hybridized carbons (Fsp3) is 0.947. The van der Waals surface area contributed by atoms with Crippen LogP contribution >= 0.6 is 0 Å². The molecule has 2 saturated heterocycles. The van der Waals surface area contributed by atoms with Crippen molar-refractivity contribution in [1.29, 1.82) is 0 Å². The quantitative estimate of drug-likeness (QED) is 0.840. The van der Waals surface area contributed by atoms with Gasteiger partial charge in [0.15, 0.2) is 0 Å². The van der Waals surface area contributed by atoms with Crippen LogP contribution in [-0.2, 0) is 9.47 Å². The largest absolute Gasteiger partial charge is 0.444 e. The third-order valence-electron chi connectivity index (χ3n) is 5.90. The van der Waals surface area contributed by atoms with E-state index in [-0.39, 0.29) is 11.5 Å². The van der Waals surface area contributed by atoms with Gasteiger partial charge >= 0.3 is 6.09 Å². The lowest BCUT2D eigenvalue weighted by Crippen LogP contribution is -2.67. The van der Waals surface area contributed by atoms with Gasteiger partial charge in [-0.1, -0.05) is 13.8 Å². The molecule has 138 valence electrons. The average molecular weight is 338 g/mol. The fourth-order valence-electron chi connectivity index (χ4n) is 4.69. The Bertz CT molecular complexity index is 472. The van der Waals surface area contributed by atoms with Crippen molar-refractivity contribution in [3.05, 3.63) is 0 Å². The van der Waals surface area contributed by atoms with Gasteiger partial charge in [0.1, 0.15) is 5.60 Å². The average Bonchev–Trinajstić information content (AvgIpc) is 2.79. The minimum Gasteiger partial charge on any atom is -0.444 e. The van der Waals surface area contributed by atoms with E-state index in [2.05, 4.69) is 19.2 Å². The van der Waals surface area contributed by atoms with Crippen molar-refractivity contribution in [2.24, 2.45) is 11.3 Å². The number of carbonyl (C=O) groups excluding carboxylic acids is 1. The highest BCUT2D eigenvalue weighted by molar-refractivity contribution is 5.68. The Balaban J connectivity index is 1.52. The molecular weight excluding hydrogens is 304 g/mol. The predicted octanol–water partition coefficient (Wildman–Crippen LogP) is 3.18. The van der Waals surface area contributed by atoms with Crippen LogP contribution in [0.3, 0.4) is 0 Å². The zero-order valence-corrected chi connectivity index (χ0v) is 15.9. The van der Waals surface area contributed by atoms with Crippen LogP contribution in [0.15, 0.2) is 0 Å². The zero-order valence-electron chi connectivity index (χ0n) is 15.9. The lowest BCUT2D eigenvalue weighted by atomic mass is 9.57. The number of hydrogen-bond acceptors (Lipinski definition) is 4. The Labute approximate surface area is 146 Å². The molecule has 0 aromatic rings. The summed E-state index contributed by atoms with van der Waals surface area (Å²) in [6, 6.07) is 1.03. The number of fused-ring (bicyclic) bond motifs is 1. The SMILES string of the molecule is CC(C)(C)OC(=O)N1CCC[C@@H](N[C@@H]2[C@@H]3CCO[C@@H]3C2(C)C)CC1. The summed E-state index contributed by atoms with van der Waals surface area (Å²) in [7, 11) is 0. The standard InChI is InChI=1S/C19H34N2O3/c1-18(2,3)24-17(22)21-10-6-7-13(8-11-21)20-15-14-9-12-23-16(14)19(15,4)5/h13-16,20H,6-12H2,1-5H3/t13-,14+,15-,16+/m1/s1. The molecule has 1 saturated carbocycles. The van der Waals surface area contributed by atoms with Gasteiger partial charge in [-0.15, -0.1) is 0 Å². The molecular formula is C19H34N2O3. The maximum absolute atomic E-state index is 12.3. The lowest BCUT2D eigenvalue weighted by Gasteiger charge is -2.56. The molecule has 0 aromatic carbocycles. The van der Waals surface area contributed by atoms with E-state index in [1.165, 1.54) is 6.42 Å². The highest BCUT2D eigenvalue weighted by Crippen LogP contribution is 2.52. The molecule has 0 bridgehead atoms. The van der Waals surface area contributed by atoms with Gasteiger partial charge in [0.05, 0.1) is 6.10 Å². The Morgan fingerprint density at radius 2 is 1.96 bits per heavy atom. The normalized spacial score (nSPS) is 35.8. The minimum atomic E-state index is -0.422. The Morgan fingerprint density at radius 1 is 1.21 bits per heavy atom. The molecule has 0 spiro atoms. The molecule has 1 aliphatic carbocycles. The van der Waals surface area contributed by atoms with E-state index in [0.717, 1.165) is 39.0 Å². The van der Waals surface area contributed by atoms with Gasteiger partial charge < -0.3 is 19.7 Å². The Morgan fingerprint density at radius 3 is 2.67 bits per heavy atom. The molecule has 2 heterocycles. The third-order valence-corrected chi connectivity index (χ3v) is 5.90. The molecule has 3 fully saturated rings. The van der Waals surface area contributed by atoms with Crippen molar-refractivity contribution < 1.29 is 14.3 Å². The van der Waals surface area contributed by atoms with Gasteiger partial charge in [0, 0.05) is 43.1 Å². The molecule has 3 rings (SSSR count). The van der Waals surface area contributed by atoms with Gasteiger partial charge in [-0.3, -0.25) is 0 Å². The second kappa shape index (κ2) is 6.49. The van der Waals surface area contributed by atoms with Crippen LogP contribution in [0.2, 0.25) is 0 Å². The van der Waals surface area contributed by atoms with Gasteiger partial charge in [-0.2, -0.15) is 0 Å². The van der Waals surface area contributed by atoms with Gasteiger partial charge in [0.2, 0.25) is 0 Å². The summed E-state index contributed by atoms with van der Waals surface area (Å²) >= 11 is 0. The second-order valence-corrected chi connectivity index (χ2v) is 9.30. The van der Waals surface area contributed by atoms with Crippen molar-refractivity contribution in [3.63, 3.8) is 0 Å². The smallest absolute Gasteiger partial charge is 0.410 e. The van der Waals surface area contributed by atoms with Crippen LogP contribution in [0.25, 0.3) is 0 Å². The monoisotopic (exact) mass is 338 g/mol. The van der Waals surface area contributed by atoms with Crippen molar-refractivity contribution in [2.75, 3.05) is 19.7 Å². The number of rotatable bonds is 2. The molecule has 0 radical (unpaired) electrons. The molecule has 4 atom stereocenters. The molecule has 1 amide bonds. The van der Waals surface area contributed by atoms with E-state index in [0.29, 0.717) is 24.1 Å². The first-order chi connectivity index (χ1) is 11.2. The maximum atomic E-state index is 12.3. The van der Waals surface area contributed by atoms with E-state index in [1.54, 1.807) is 0 Å². The zero-order chi connectivity index (χ0) is 17.5. The predicted molar refractivity (Wildman–Crippen MR) is 94.0 cm³/mol. The van der Waals surface area contributed by atoms with Gasteiger partial charge in [0.25, 0.3) is 0 Å². The van der Waals surface area contributed by atoms with Crippen LogP contribution in [0.1, 0.15) is 60.3 Å². The minimum absolute atomic E-state index is 0.170. The first-order valence-electron chi connectivity index (χ1n) is 9.54. The molecule has 3 aliphatic rings. The molecule has 24 heavy (non-hydrogen) atoms. The van der Waals surface area contributed by atoms with Gasteiger partial charge in [-0.05, 0) is 46.5 Å². The number of nitrogens with zero attached hydrogens (tertiary/aromatic N) is 1. The van der Waals surface area contributed by atoms with Crippen molar-refractivity contribution >= 4 is 6.09 Å². The molecule has 2 aliphatic heterocycles. The number of likely N-dealkylation sites (tertiary alicyclic amines) is 1. The number of nitrogens with one attached hydrogen (secondary N) is 1. The van der Waals surface area contributed by atoms with Crippen LogP contribution < -0.4 is 5.32 Å². The van der Waals surface area contributed by atoms with Crippen molar-refractivity contribution in [1.82, 2.24) is 10.2 Å². The summed E-state index contributed by atoms with van der Waals surface area (Å²) in [5.74, 6) is 0.671. The molecule has 5 nitrogen and oxygen atoms in total. The first-order valence-corrected chi connectivity index (χ1v) is 9.54. The Kier molecular flexibility index (Phi) is 4.86. The van der Waals surface area contributed by atoms with Crippen molar-refractivity contribution in [3.8, 4) is 0 Å². The second-order valence-electron chi connectivity index (χ2n) is 9.30. The molecule has 1 N–H and O–H groups in total. The summed E-state index contributed by atoms with van der Waals surface area (Å²) in [5.41, 5.74) is -0.202. The topological polar surface area (TPSA) is 50.8 Å². The number of ether oxygens (including phenoxy) is 2. The summed E-state index contributed by atoms with van der Waals surface area (Å²) in [5, 5.41) is 3.91. The number of carbonyl (C=O) groups is 1. The summed E-state index contributed by atoms with van der Waals surface area (Å²) in [6.45, 7) is 12.9.